The highest BCUT2D eigenvalue weighted by atomic mass is 35.5. The van der Waals surface area contributed by atoms with E-state index in [1.54, 1.807) is 0 Å². The summed E-state index contributed by atoms with van der Waals surface area (Å²) in [5.41, 5.74) is 1.87. The maximum atomic E-state index is 6.17. The third-order valence-electron chi connectivity index (χ3n) is 2.35. The van der Waals surface area contributed by atoms with Crippen molar-refractivity contribution >= 4 is 23.2 Å². The smallest absolute Gasteiger partial charge is 0.0956 e. The van der Waals surface area contributed by atoms with E-state index in [4.69, 9.17) is 23.2 Å². The van der Waals surface area contributed by atoms with E-state index in [-0.39, 0.29) is 5.38 Å². The molecule has 1 atom stereocenters. The van der Waals surface area contributed by atoms with Crippen molar-refractivity contribution in [2.45, 2.75) is 19.2 Å². The Morgan fingerprint density at radius 2 is 1.93 bits per heavy atom. The molecule has 1 aliphatic rings. The lowest BCUT2D eigenvalue weighted by Crippen LogP contribution is -2.25. The Bertz CT molecular complexity index is 288. The second kappa shape index (κ2) is 4.90. The topological polar surface area (TPSA) is 3.24 Å². The van der Waals surface area contributed by atoms with Crippen LogP contribution in [0.25, 0.3) is 0 Å². The summed E-state index contributed by atoms with van der Waals surface area (Å²) in [6, 6.07) is 0. The van der Waals surface area contributed by atoms with E-state index >= 15 is 0 Å². The molecule has 0 radical (unpaired) electrons. The molecule has 0 heterocycles. The Morgan fingerprint density at radius 3 is 2.43 bits per heavy atom. The molecule has 0 aromatic carbocycles. The van der Waals surface area contributed by atoms with Gasteiger partial charge >= 0.3 is 0 Å². The van der Waals surface area contributed by atoms with E-state index in [1.807, 2.05) is 12.2 Å². The van der Waals surface area contributed by atoms with Gasteiger partial charge in [-0.25, -0.2) is 0 Å². The van der Waals surface area contributed by atoms with E-state index < -0.39 is 0 Å². The second-order valence-electron chi connectivity index (χ2n) is 3.18. The summed E-state index contributed by atoms with van der Waals surface area (Å²) >= 11 is 12.3. The zero-order chi connectivity index (χ0) is 10.7. The summed E-state index contributed by atoms with van der Waals surface area (Å²) in [6.45, 7) is 9.90. The van der Waals surface area contributed by atoms with Crippen molar-refractivity contribution in [3.05, 3.63) is 35.0 Å². The summed E-state index contributed by atoms with van der Waals surface area (Å²) in [6.07, 6.45) is 3.91. The fourth-order valence-corrected chi connectivity index (χ4v) is 1.97. The fraction of sp³-hybridized carbons (Fsp3) is 0.455. The van der Waals surface area contributed by atoms with Gasteiger partial charge in [-0.2, -0.15) is 0 Å². The Morgan fingerprint density at radius 1 is 1.36 bits per heavy atom. The molecule has 1 rings (SSSR count). The minimum absolute atomic E-state index is 0.266. The van der Waals surface area contributed by atoms with Crippen molar-refractivity contribution in [3.8, 4) is 0 Å². The van der Waals surface area contributed by atoms with Gasteiger partial charge in [-0.1, -0.05) is 24.3 Å². The molecule has 1 unspecified atom stereocenters. The molecule has 3 heteroatoms. The highest BCUT2D eigenvalue weighted by Crippen LogP contribution is 2.31. The van der Waals surface area contributed by atoms with Gasteiger partial charge in [0.05, 0.1) is 16.1 Å². The Hall–Kier alpha value is -0.400. The van der Waals surface area contributed by atoms with Crippen molar-refractivity contribution in [2.75, 3.05) is 13.1 Å². The van der Waals surface area contributed by atoms with E-state index in [1.165, 1.54) is 0 Å². The first-order valence-corrected chi connectivity index (χ1v) is 5.58. The zero-order valence-electron chi connectivity index (χ0n) is 8.56. The first-order valence-electron chi connectivity index (χ1n) is 4.77. The maximum absolute atomic E-state index is 6.17. The van der Waals surface area contributed by atoms with Crippen molar-refractivity contribution < 1.29 is 0 Å². The average molecular weight is 232 g/mol. The molecular formula is C11H15Cl2N. The van der Waals surface area contributed by atoms with E-state index in [9.17, 15) is 0 Å². The third kappa shape index (κ3) is 2.15. The number of nitrogens with zero attached hydrogens (tertiary/aromatic N) is 1. The van der Waals surface area contributed by atoms with Crippen LogP contribution in [0, 0.1) is 0 Å². The average Bonchev–Trinajstić information content (AvgIpc) is 2.19. The summed E-state index contributed by atoms with van der Waals surface area (Å²) in [5.74, 6) is 0. The Kier molecular flexibility index (Phi) is 4.09. The van der Waals surface area contributed by atoms with Crippen molar-refractivity contribution in [2.24, 2.45) is 0 Å². The predicted octanol–water partition coefficient (Wildman–Crippen LogP) is 3.51. The van der Waals surface area contributed by atoms with Crippen LogP contribution in [-0.4, -0.2) is 23.4 Å². The lowest BCUT2D eigenvalue weighted by molar-refractivity contribution is 0.391. The molecule has 0 spiro atoms. The molecule has 0 fully saturated rings. The Balaban J connectivity index is 2.98. The van der Waals surface area contributed by atoms with E-state index in [0.29, 0.717) is 5.03 Å². The number of hydrogen-bond donors (Lipinski definition) is 0. The summed E-state index contributed by atoms with van der Waals surface area (Å²) in [5, 5.41) is 0.417. The van der Waals surface area contributed by atoms with Gasteiger partial charge in [-0.15, -0.1) is 11.6 Å². The number of alkyl halides is 1. The van der Waals surface area contributed by atoms with Gasteiger partial charge in [0.15, 0.2) is 0 Å². The lowest BCUT2D eigenvalue weighted by atomic mass is 10.1. The van der Waals surface area contributed by atoms with Gasteiger partial charge in [-0.05, 0) is 25.5 Å². The lowest BCUT2D eigenvalue weighted by Gasteiger charge is -2.27. The number of allylic oxidation sites excluding steroid dienone is 4. The van der Waals surface area contributed by atoms with Gasteiger partial charge in [0.25, 0.3) is 0 Å². The first kappa shape index (κ1) is 11.7. The van der Waals surface area contributed by atoms with Crippen LogP contribution in [0.2, 0.25) is 0 Å². The molecule has 0 bridgehead atoms. The maximum Gasteiger partial charge on any atom is 0.0956 e. The summed E-state index contributed by atoms with van der Waals surface area (Å²) in [7, 11) is 0. The monoisotopic (exact) mass is 231 g/mol. The second-order valence-corrected chi connectivity index (χ2v) is 4.02. The highest BCUT2D eigenvalue weighted by molar-refractivity contribution is 6.39. The molecule has 1 nitrogen and oxygen atoms in total. The molecule has 0 saturated carbocycles. The van der Waals surface area contributed by atoms with Crippen molar-refractivity contribution in [3.63, 3.8) is 0 Å². The van der Waals surface area contributed by atoms with Crippen LogP contribution >= 0.6 is 23.2 Å². The number of likely N-dealkylation sites (N-methyl/N-ethyl adjacent to an activating group) is 1. The highest BCUT2D eigenvalue weighted by Gasteiger charge is 2.21. The number of rotatable bonds is 3. The number of halogens is 2. The molecule has 1 aliphatic carbocycles. The molecule has 78 valence electrons. The van der Waals surface area contributed by atoms with E-state index in [0.717, 1.165) is 24.4 Å². The standard InChI is InChI=1S/C11H15Cl2N/c1-4-14(5-2)9-7-6-8(3)10(12)11(9)13/h6-7,10H,3-5H2,1-2H3. The minimum atomic E-state index is -0.266. The van der Waals surface area contributed by atoms with Gasteiger partial charge in [0.1, 0.15) is 0 Å². The summed E-state index contributed by atoms with van der Waals surface area (Å²) < 4.78 is 0. The normalized spacial score (nSPS) is 21.7. The van der Waals surface area contributed by atoms with Crippen LogP contribution in [0.15, 0.2) is 35.0 Å². The van der Waals surface area contributed by atoms with Gasteiger partial charge in [0, 0.05) is 13.1 Å². The molecule has 0 aliphatic heterocycles. The van der Waals surface area contributed by atoms with Crippen molar-refractivity contribution in [1.82, 2.24) is 4.90 Å². The fourth-order valence-electron chi connectivity index (χ4n) is 1.46. The molecule has 0 saturated heterocycles. The van der Waals surface area contributed by atoms with Gasteiger partial charge in [0.2, 0.25) is 0 Å². The van der Waals surface area contributed by atoms with Crippen LogP contribution in [0.3, 0.4) is 0 Å². The predicted molar refractivity (Wildman–Crippen MR) is 63.7 cm³/mol. The largest absolute Gasteiger partial charge is 0.371 e. The molecule has 0 N–H and O–H groups in total. The van der Waals surface area contributed by atoms with Crippen molar-refractivity contribution in [1.29, 1.82) is 0 Å². The van der Waals surface area contributed by atoms with E-state index in [2.05, 4.69) is 25.3 Å². The van der Waals surface area contributed by atoms with Gasteiger partial charge < -0.3 is 4.90 Å². The minimum Gasteiger partial charge on any atom is -0.371 e. The van der Waals surface area contributed by atoms with Crippen LogP contribution in [0.5, 0.6) is 0 Å². The summed E-state index contributed by atoms with van der Waals surface area (Å²) in [4.78, 5) is 2.18. The van der Waals surface area contributed by atoms with Crippen LogP contribution in [0.1, 0.15) is 13.8 Å². The molecule has 0 amide bonds. The first-order chi connectivity index (χ1) is 6.61. The SMILES string of the molecule is C=C1C=CC(N(CC)CC)=C(Cl)C1Cl. The van der Waals surface area contributed by atoms with Crippen LogP contribution in [0.4, 0.5) is 0 Å². The Labute approximate surface area is 95.7 Å². The molecular weight excluding hydrogens is 217 g/mol. The third-order valence-corrected chi connectivity index (χ3v) is 3.37. The van der Waals surface area contributed by atoms with Crippen LogP contribution < -0.4 is 0 Å². The number of hydrogen-bond acceptors (Lipinski definition) is 1. The molecule has 14 heavy (non-hydrogen) atoms. The van der Waals surface area contributed by atoms with Crippen LogP contribution in [-0.2, 0) is 0 Å². The zero-order valence-corrected chi connectivity index (χ0v) is 10.1. The quantitative estimate of drug-likeness (QED) is 0.673. The van der Waals surface area contributed by atoms with Gasteiger partial charge in [-0.3, -0.25) is 0 Å². The molecule has 0 aromatic rings. The molecule has 0 aromatic heterocycles.